The summed E-state index contributed by atoms with van der Waals surface area (Å²) in [7, 11) is 1.72. The average Bonchev–Trinajstić information content (AvgIpc) is 3.26. The molecule has 0 amide bonds. The lowest BCUT2D eigenvalue weighted by Crippen LogP contribution is -2.38. The van der Waals surface area contributed by atoms with Crippen molar-refractivity contribution in [2.24, 2.45) is 5.92 Å². The van der Waals surface area contributed by atoms with Gasteiger partial charge >= 0.3 is 5.69 Å². The Labute approximate surface area is 202 Å². The minimum Gasteiger partial charge on any atom is -0.496 e. The van der Waals surface area contributed by atoms with Crippen LogP contribution in [0.3, 0.4) is 0 Å². The van der Waals surface area contributed by atoms with Crippen LogP contribution in [0.4, 0.5) is 0 Å². The number of benzene rings is 2. The molecule has 2 N–H and O–H groups in total. The smallest absolute Gasteiger partial charge is 0.328 e. The number of hydrogen-bond donors (Lipinski definition) is 2. The molecule has 2 aliphatic heterocycles. The molecule has 6 rings (SSSR count). The molecule has 9 heteroatoms. The van der Waals surface area contributed by atoms with Crippen LogP contribution in [0.1, 0.15) is 29.9 Å². The molecule has 1 saturated heterocycles. The first kappa shape index (κ1) is 22.8. The number of nitrogens with one attached hydrogen (secondary N) is 2. The maximum Gasteiger partial charge on any atom is 0.328 e. The quantitative estimate of drug-likeness (QED) is 0.590. The summed E-state index contributed by atoms with van der Waals surface area (Å²) < 4.78 is 18.1. The van der Waals surface area contributed by atoms with Crippen molar-refractivity contribution in [3.8, 4) is 17.2 Å². The maximum absolute atomic E-state index is 13.2. The molecule has 3 heterocycles. The molecular weight excluding hydrogens is 458 g/mol. The van der Waals surface area contributed by atoms with Gasteiger partial charge in [0.2, 0.25) is 0 Å². The van der Waals surface area contributed by atoms with Gasteiger partial charge in [0.1, 0.15) is 19.0 Å². The Morgan fingerprint density at radius 1 is 1.15 bits per heavy atom. The maximum atomic E-state index is 13.2. The SMILES string of the molecule is COc1cccc2c1CC[C@H]1CNC(CCn3c(=O)[nH]c4cc5c(cc4c3=O)OCCO5)[C@@H]21.Cl. The first-order chi connectivity index (χ1) is 16.1. The highest BCUT2D eigenvalue weighted by atomic mass is 35.5. The molecule has 2 aromatic carbocycles. The molecule has 1 aromatic heterocycles. The zero-order chi connectivity index (χ0) is 22.5. The number of hydrogen-bond acceptors (Lipinski definition) is 6. The van der Waals surface area contributed by atoms with E-state index in [2.05, 4.69) is 22.4 Å². The Morgan fingerprint density at radius 3 is 2.74 bits per heavy atom. The van der Waals surface area contributed by atoms with Crippen molar-refractivity contribution in [2.75, 3.05) is 26.9 Å². The van der Waals surface area contributed by atoms with E-state index >= 15 is 0 Å². The summed E-state index contributed by atoms with van der Waals surface area (Å²) in [4.78, 5) is 28.9. The third-order valence-corrected chi connectivity index (χ3v) is 7.41. The van der Waals surface area contributed by atoms with Crippen LogP contribution in [0.15, 0.2) is 39.9 Å². The van der Waals surface area contributed by atoms with E-state index in [4.69, 9.17) is 14.2 Å². The first-order valence-electron chi connectivity index (χ1n) is 11.6. The van der Waals surface area contributed by atoms with Gasteiger partial charge in [-0.3, -0.25) is 9.36 Å². The van der Waals surface area contributed by atoms with Gasteiger partial charge in [-0.2, -0.15) is 0 Å². The number of halogens is 1. The van der Waals surface area contributed by atoms with Crippen LogP contribution in [0.25, 0.3) is 10.9 Å². The number of nitrogens with zero attached hydrogens (tertiary/aromatic N) is 1. The lowest BCUT2D eigenvalue weighted by Gasteiger charge is -2.32. The van der Waals surface area contributed by atoms with Crippen molar-refractivity contribution in [2.45, 2.75) is 37.8 Å². The standard InChI is InChI=1S/C25H27N3O5.ClH/c1-31-20-4-2-3-16-15(20)6-5-14-13-26-18(23(14)16)7-8-28-24(29)17-11-21-22(33-10-9-32-21)12-19(17)27-25(28)30;/h2-4,11-12,14,18,23,26H,5-10,13H2,1H3,(H,27,30);1H/t14-,18?,23+;/m0./s1. The molecule has 3 aromatic rings. The molecule has 3 aliphatic rings. The second-order valence-electron chi connectivity index (χ2n) is 9.08. The molecule has 0 bridgehead atoms. The van der Waals surface area contributed by atoms with Crippen LogP contribution in [0.5, 0.6) is 17.2 Å². The number of ether oxygens (including phenoxy) is 3. The number of methoxy groups -OCH3 is 1. The summed E-state index contributed by atoms with van der Waals surface area (Å²) >= 11 is 0. The molecule has 1 aliphatic carbocycles. The molecule has 8 nitrogen and oxygen atoms in total. The van der Waals surface area contributed by atoms with Gasteiger partial charge in [0.25, 0.3) is 5.56 Å². The van der Waals surface area contributed by atoms with Gasteiger partial charge in [-0.25, -0.2) is 4.79 Å². The number of H-pyrrole nitrogens is 1. The van der Waals surface area contributed by atoms with E-state index in [9.17, 15) is 9.59 Å². The van der Waals surface area contributed by atoms with E-state index in [1.807, 2.05) is 6.07 Å². The van der Waals surface area contributed by atoms with E-state index in [0.717, 1.165) is 25.1 Å². The van der Waals surface area contributed by atoms with E-state index in [1.54, 1.807) is 19.2 Å². The minimum absolute atomic E-state index is 0. The lowest BCUT2D eigenvalue weighted by molar-refractivity contribution is 0.172. The molecule has 0 radical (unpaired) electrons. The fourth-order valence-corrected chi connectivity index (χ4v) is 5.86. The highest BCUT2D eigenvalue weighted by Gasteiger charge is 2.40. The van der Waals surface area contributed by atoms with Gasteiger partial charge in [-0.15, -0.1) is 12.4 Å². The lowest BCUT2D eigenvalue weighted by atomic mass is 9.73. The Balaban J connectivity index is 0.00000241. The Kier molecular flexibility index (Phi) is 6.04. The van der Waals surface area contributed by atoms with Crippen molar-refractivity contribution in [3.05, 3.63) is 62.3 Å². The van der Waals surface area contributed by atoms with Crippen LogP contribution in [0, 0.1) is 5.92 Å². The van der Waals surface area contributed by atoms with Crippen molar-refractivity contribution >= 4 is 23.3 Å². The zero-order valence-corrected chi connectivity index (χ0v) is 19.8. The largest absolute Gasteiger partial charge is 0.496 e. The number of fused-ring (bicyclic) bond motifs is 5. The minimum atomic E-state index is -0.399. The van der Waals surface area contributed by atoms with Gasteiger partial charge in [-0.1, -0.05) is 12.1 Å². The summed E-state index contributed by atoms with van der Waals surface area (Å²) in [6.45, 7) is 2.20. The van der Waals surface area contributed by atoms with E-state index in [0.29, 0.717) is 60.4 Å². The predicted octanol–water partition coefficient (Wildman–Crippen LogP) is 2.60. The number of aromatic amines is 1. The fraction of sp³-hybridized carbons (Fsp3) is 0.440. The number of rotatable bonds is 4. The Morgan fingerprint density at radius 2 is 1.94 bits per heavy atom. The molecule has 0 saturated carbocycles. The van der Waals surface area contributed by atoms with Crippen LogP contribution >= 0.6 is 12.4 Å². The van der Waals surface area contributed by atoms with Crippen molar-refractivity contribution < 1.29 is 14.2 Å². The van der Waals surface area contributed by atoms with Gasteiger partial charge in [-0.05, 0) is 55.0 Å². The summed E-state index contributed by atoms with van der Waals surface area (Å²) in [5.41, 5.74) is 2.40. The van der Waals surface area contributed by atoms with Gasteiger partial charge in [0.05, 0.1) is 18.0 Å². The second-order valence-corrected chi connectivity index (χ2v) is 9.08. The van der Waals surface area contributed by atoms with Gasteiger partial charge < -0.3 is 24.5 Å². The highest BCUT2D eigenvalue weighted by Crippen LogP contribution is 2.45. The monoisotopic (exact) mass is 485 g/mol. The topological polar surface area (TPSA) is 94.6 Å². The van der Waals surface area contributed by atoms with Crippen LogP contribution in [-0.2, 0) is 13.0 Å². The van der Waals surface area contributed by atoms with Crippen molar-refractivity contribution in [1.29, 1.82) is 0 Å². The molecule has 180 valence electrons. The van der Waals surface area contributed by atoms with Gasteiger partial charge in [0.15, 0.2) is 11.5 Å². The summed E-state index contributed by atoms with van der Waals surface area (Å²) in [5, 5.41) is 4.09. The van der Waals surface area contributed by atoms with Gasteiger partial charge in [0, 0.05) is 24.6 Å². The zero-order valence-electron chi connectivity index (χ0n) is 19.0. The number of aromatic nitrogens is 2. The van der Waals surface area contributed by atoms with Crippen molar-refractivity contribution in [1.82, 2.24) is 14.9 Å². The molecule has 1 unspecified atom stereocenters. The first-order valence-corrected chi connectivity index (χ1v) is 11.6. The van der Waals surface area contributed by atoms with Crippen LogP contribution in [0.2, 0.25) is 0 Å². The predicted molar refractivity (Wildman–Crippen MR) is 131 cm³/mol. The molecule has 0 spiro atoms. The van der Waals surface area contributed by atoms with E-state index in [1.165, 1.54) is 15.7 Å². The highest BCUT2D eigenvalue weighted by molar-refractivity contribution is 5.85. The summed E-state index contributed by atoms with van der Waals surface area (Å²) in [5.74, 6) is 2.96. The third kappa shape index (κ3) is 3.65. The molecule has 34 heavy (non-hydrogen) atoms. The average molecular weight is 486 g/mol. The summed E-state index contributed by atoms with van der Waals surface area (Å²) in [6, 6.07) is 9.83. The Bertz CT molecular complexity index is 1350. The molecule has 1 fully saturated rings. The van der Waals surface area contributed by atoms with Crippen molar-refractivity contribution in [3.63, 3.8) is 0 Å². The van der Waals surface area contributed by atoms with Crippen LogP contribution < -0.4 is 30.8 Å². The molecule has 3 atom stereocenters. The van der Waals surface area contributed by atoms with E-state index in [-0.39, 0.29) is 24.0 Å². The Hall–Kier alpha value is -2.97. The molecular formula is C25H28ClN3O5. The second kappa shape index (κ2) is 9.00. The summed E-state index contributed by atoms with van der Waals surface area (Å²) in [6.07, 6.45) is 2.83. The third-order valence-electron chi connectivity index (χ3n) is 7.41. The van der Waals surface area contributed by atoms with Crippen LogP contribution in [-0.4, -0.2) is 42.5 Å². The fourth-order valence-electron chi connectivity index (χ4n) is 5.86. The normalized spacial score (nSPS) is 22.6. The van der Waals surface area contributed by atoms with E-state index < -0.39 is 5.69 Å².